The number of fused-ring (bicyclic) bond motifs is 1. The second-order valence-corrected chi connectivity index (χ2v) is 7.23. The van der Waals surface area contributed by atoms with Gasteiger partial charge in [0.15, 0.2) is 0 Å². The predicted octanol–water partition coefficient (Wildman–Crippen LogP) is 5.95. The Morgan fingerprint density at radius 2 is 1.48 bits per heavy atom. The van der Waals surface area contributed by atoms with Crippen molar-refractivity contribution in [3.05, 3.63) is 46.7 Å². The number of aromatic hydroxyl groups is 1. The molecule has 2 aliphatic rings. The number of nitrogens with zero attached hydrogens (tertiary/aromatic N) is 3. The summed E-state index contributed by atoms with van der Waals surface area (Å²) < 4.78 is 0.982. The van der Waals surface area contributed by atoms with E-state index < -0.39 is 0 Å². The summed E-state index contributed by atoms with van der Waals surface area (Å²) in [6.45, 7) is 14.8. The highest BCUT2D eigenvalue weighted by atomic mass is 79.9. The molecule has 0 spiro atoms. The van der Waals surface area contributed by atoms with Crippen molar-refractivity contribution in [3.63, 3.8) is 0 Å². The molecule has 0 bridgehead atoms. The Morgan fingerprint density at radius 3 is 1.89 bits per heavy atom. The molecule has 1 unspecified atom stereocenters. The second-order valence-electron chi connectivity index (χ2n) is 6.31. The van der Waals surface area contributed by atoms with E-state index in [-0.39, 0.29) is 0 Å². The summed E-state index contributed by atoms with van der Waals surface area (Å²) in [6.07, 6.45) is 4.92. The van der Waals surface area contributed by atoms with E-state index in [1.807, 2.05) is 40.1 Å². The summed E-state index contributed by atoms with van der Waals surface area (Å²) in [5.41, 5.74) is 1.22. The topological polar surface area (TPSA) is 49.2 Å². The third-order valence-electron chi connectivity index (χ3n) is 4.83. The number of benzene rings is 1. The lowest BCUT2D eigenvalue weighted by atomic mass is 10.3. The van der Waals surface area contributed by atoms with E-state index in [0.717, 1.165) is 47.7 Å². The zero-order valence-corrected chi connectivity index (χ0v) is 19.1. The van der Waals surface area contributed by atoms with Gasteiger partial charge in [-0.3, -0.25) is 0 Å². The third-order valence-corrected chi connectivity index (χ3v) is 5.36. The zero-order valence-electron chi connectivity index (χ0n) is 17.5. The molecule has 27 heavy (non-hydrogen) atoms. The van der Waals surface area contributed by atoms with Gasteiger partial charge >= 0.3 is 0 Å². The monoisotopic (exact) mass is 435 g/mol. The molecular formula is C22H34BrN3O. The number of piperidine rings is 1. The molecule has 1 saturated carbocycles. The van der Waals surface area contributed by atoms with E-state index in [1.54, 1.807) is 24.3 Å². The Morgan fingerprint density at radius 1 is 1.00 bits per heavy atom. The Balaban J connectivity index is 0.000000259. The first-order valence-electron chi connectivity index (χ1n) is 10.1. The van der Waals surface area contributed by atoms with Crippen molar-refractivity contribution in [3.8, 4) is 5.75 Å². The van der Waals surface area contributed by atoms with E-state index in [0.29, 0.717) is 5.75 Å². The molecule has 3 atom stereocenters. The number of hydrogen-bond acceptors (Lipinski definition) is 4. The summed E-state index contributed by atoms with van der Waals surface area (Å²) in [7, 11) is 0. The van der Waals surface area contributed by atoms with Crippen LogP contribution in [0.25, 0.3) is 0 Å². The van der Waals surface area contributed by atoms with Gasteiger partial charge in [-0.1, -0.05) is 57.5 Å². The summed E-state index contributed by atoms with van der Waals surface area (Å²) in [6, 6.07) is 6.83. The normalized spacial score (nSPS) is 21.4. The molecule has 1 aliphatic carbocycles. The molecule has 150 valence electrons. The van der Waals surface area contributed by atoms with Crippen LogP contribution in [0, 0.1) is 17.8 Å². The minimum atomic E-state index is 0.299. The minimum absolute atomic E-state index is 0.299. The average molecular weight is 436 g/mol. The fraction of sp³-hybridized carbons (Fsp3) is 0.545. The van der Waals surface area contributed by atoms with Gasteiger partial charge in [0.2, 0.25) is 5.95 Å². The Kier molecular flexibility index (Phi) is 10.4. The number of aromatic nitrogens is 2. The van der Waals surface area contributed by atoms with Crippen molar-refractivity contribution in [2.75, 3.05) is 18.0 Å². The van der Waals surface area contributed by atoms with Crippen LogP contribution in [0.4, 0.5) is 5.95 Å². The van der Waals surface area contributed by atoms with E-state index in [2.05, 4.69) is 44.6 Å². The maximum absolute atomic E-state index is 8.74. The predicted molar refractivity (Wildman–Crippen MR) is 118 cm³/mol. The van der Waals surface area contributed by atoms with E-state index in [4.69, 9.17) is 5.11 Å². The molecule has 2 fully saturated rings. The van der Waals surface area contributed by atoms with Crippen molar-refractivity contribution >= 4 is 21.9 Å². The first-order valence-corrected chi connectivity index (χ1v) is 10.9. The SMILES string of the molecule is CC.CC.CCc1cnc(N2C[C@@H]3C(C)[C@@H]3C2)nc1.Oc1ccc(Br)cc1. The maximum atomic E-state index is 8.74. The first kappa shape index (κ1) is 23.4. The smallest absolute Gasteiger partial charge is 0.225 e. The van der Waals surface area contributed by atoms with Gasteiger partial charge in [0.1, 0.15) is 5.75 Å². The van der Waals surface area contributed by atoms with Crippen LogP contribution in [-0.4, -0.2) is 28.2 Å². The van der Waals surface area contributed by atoms with Crippen molar-refractivity contribution in [2.24, 2.45) is 17.8 Å². The number of phenols is 1. The fourth-order valence-electron chi connectivity index (χ4n) is 3.12. The van der Waals surface area contributed by atoms with E-state index in [1.165, 1.54) is 5.56 Å². The lowest BCUT2D eigenvalue weighted by Crippen LogP contribution is -2.25. The van der Waals surface area contributed by atoms with Gasteiger partial charge in [0, 0.05) is 30.0 Å². The lowest BCUT2D eigenvalue weighted by Gasteiger charge is -2.18. The summed E-state index contributed by atoms with van der Waals surface area (Å²) in [4.78, 5) is 11.2. The first-order chi connectivity index (χ1) is 13.1. The van der Waals surface area contributed by atoms with Crippen LogP contribution in [0.15, 0.2) is 41.1 Å². The molecule has 1 saturated heterocycles. The van der Waals surface area contributed by atoms with Gasteiger partial charge in [0.25, 0.3) is 0 Å². The standard InChI is InChI=1S/C12H17N3.C6H5BrO.2C2H6/c1-3-9-4-13-12(14-5-9)15-6-10-8(2)11(10)7-15;7-5-1-3-6(8)4-2-5;2*1-2/h4-5,8,10-11H,3,6-7H2,1-2H3;1-4,8H;2*1-2H3/t8?,10-,11+;;;. The van der Waals surface area contributed by atoms with Crippen LogP contribution in [-0.2, 0) is 6.42 Å². The summed E-state index contributed by atoms with van der Waals surface area (Å²) >= 11 is 3.23. The largest absolute Gasteiger partial charge is 0.508 e. The zero-order chi connectivity index (χ0) is 20.4. The molecule has 4 rings (SSSR count). The van der Waals surface area contributed by atoms with Crippen LogP contribution in [0.1, 0.15) is 47.1 Å². The number of hydrogen-bond donors (Lipinski definition) is 1. The number of phenolic OH excluding ortho intramolecular Hbond substituents is 1. The number of anilines is 1. The molecule has 5 heteroatoms. The van der Waals surface area contributed by atoms with Crippen molar-refractivity contribution in [1.29, 1.82) is 0 Å². The van der Waals surface area contributed by atoms with Crippen LogP contribution >= 0.6 is 15.9 Å². The van der Waals surface area contributed by atoms with Crippen LogP contribution in [0.3, 0.4) is 0 Å². The second kappa shape index (κ2) is 12.0. The molecule has 1 aromatic heterocycles. The number of halogens is 1. The molecule has 4 nitrogen and oxygen atoms in total. The fourth-order valence-corrected chi connectivity index (χ4v) is 3.39. The van der Waals surface area contributed by atoms with Gasteiger partial charge in [0.05, 0.1) is 0 Å². The highest BCUT2D eigenvalue weighted by molar-refractivity contribution is 9.10. The van der Waals surface area contributed by atoms with Crippen molar-refractivity contribution in [1.82, 2.24) is 9.97 Å². The molecule has 1 N–H and O–H groups in total. The van der Waals surface area contributed by atoms with Gasteiger partial charge in [-0.2, -0.15) is 0 Å². The molecule has 0 radical (unpaired) electrons. The van der Waals surface area contributed by atoms with Gasteiger partial charge < -0.3 is 10.0 Å². The summed E-state index contributed by atoms with van der Waals surface area (Å²) in [5.74, 6) is 4.00. The molecule has 1 aromatic carbocycles. The molecule has 1 aliphatic heterocycles. The maximum Gasteiger partial charge on any atom is 0.225 e. The number of rotatable bonds is 2. The van der Waals surface area contributed by atoms with Crippen LogP contribution < -0.4 is 4.90 Å². The molecule has 2 aromatic rings. The quantitative estimate of drug-likeness (QED) is 0.632. The number of aryl methyl sites for hydroxylation is 1. The van der Waals surface area contributed by atoms with E-state index >= 15 is 0 Å². The Labute approximate surface area is 173 Å². The van der Waals surface area contributed by atoms with Crippen molar-refractivity contribution in [2.45, 2.75) is 48.0 Å². The van der Waals surface area contributed by atoms with E-state index in [9.17, 15) is 0 Å². The minimum Gasteiger partial charge on any atom is -0.508 e. The third kappa shape index (κ3) is 6.80. The van der Waals surface area contributed by atoms with Gasteiger partial charge in [-0.05, 0) is 54.0 Å². The van der Waals surface area contributed by atoms with Crippen molar-refractivity contribution < 1.29 is 5.11 Å². The Bertz CT molecular complexity index is 613. The molecule has 0 amide bonds. The molecule has 2 heterocycles. The average Bonchev–Trinajstić information content (AvgIpc) is 3.12. The highest BCUT2D eigenvalue weighted by Crippen LogP contribution is 2.51. The molecular weight excluding hydrogens is 402 g/mol. The highest BCUT2D eigenvalue weighted by Gasteiger charge is 2.53. The van der Waals surface area contributed by atoms with Gasteiger partial charge in [-0.15, -0.1) is 0 Å². The Hall–Kier alpha value is -1.62. The lowest BCUT2D eigenvalue weighted by molar-refractivity contribution is 0.475. The van der Waals surface area contributed by atoms with Gasteiger partial charge in [-0.25, -0.2) is 9.97 Å². The van der Waals surface area contributed by atoms with Crippen LogP contribution in [0.5, 0.6) is 5.75 Å². The summed E-state index contributed by atoms with van der Waals surface area (Å²) in [5, 5.41) is 8.74. The van der Waals surface area contributed by atoms with Crippen LogP contribution in [0.2, 0.25) is 0 Å².